The largest absolute Gasteiger partial charge is 0.465 e. The molecule has 3 rings (SSSR count). The molecule has 0 aliphatic heterocycles. The van der Waals surface area contributed by atoms with Gasteiger partial charge in [-0.1, -0.05) is 20.8 Å². The lowest BCUT2D eigenvalue weighted by Gasteiger charge is -2.27. The van der Waals surface area contributed by atoms with Crippen LogP contribution in [0.4, 0.5) is 5.82 Å². The molecule has 8 heteroatoms. The third-order valence-electron chi connectivity index (χ3n) is 4.77. The van der Waals surface area contributed by atoms with Crippen molar-refractivity contribution in [3.63, 3.8) is 0 Å². The molecule has 136 valence electrons. The fourth-order valence-electron chi connectivity index (χ4n) is 3.18. The minimum absolute atomic E-state index is 0.0488. The quantitative estimate of drug-likeness (QED) is 0.801. The molecule has 0 unspecified atom stereocenters. The van der Waals surface area contributed by atoms with Gasteiger partial charge in [-0.05, 0) is 31.6 Å². The fourth-order valence-corrected chi connectivity index (χ4v) is 3.18. The van der Waals surface area contributed by atoms with Crippen LogP contribution in [0.1, 0.15) is 52.1 Å². The molecule has 2 N–H and O–H groups in total. The molecule has 1 aliphatic rings. The maximum Gasteiger partial charge on any atom is 0.347 e. The molecule has 0 radical (unpaired) electrons. The second-order valence-electron chi connectivity index (χ2n) is 7.70. The number of ether oxygens (including phenoxy) is 1. The summed E-state index contributed by atoms with van der Waals surface area (Å²) in [7, 11) is 0. The van der Waals surface area contributed by atoms with E-state index in [1.165, 1.54) is 4.40 Å². The molecule has 0 bridgehead atoms. The van der Waals surface area contributed by atoms with Crippen LogP contribution in [0.15, 0.2) is 11.0 Å². The minimum Gasteiger partial charge on any atom is -0.465 e. The maximum atomic E-state index is 12.0. The Labute approximate surface area is 146 Å². The van der Waals surface area contributed by atoms with Gasteiger partial charge in [0.1, 0.15) is 6.10 Å². The molecule has 1 saturated carbocycles. The van der Waals surface area contributed by atoms with Crippen molar-refractivity contribution in [2.24, 2.45) is 5.92 Å². The van der Waals surface area contributed by atoms with Gasteiger partial charge in [0.15, 0.2) is 5.82 Å². The minimum atomic E-state index is -0.266. The Morgan fingerprint density at radius 2 is 2.08 bits per heavy atom. The molecule has 25 heavy (non-hydrogen) atoms. The highest BCUT2D eigenvalue weighted by Gasteiger charge is 2.23. The molecule has 8 nitrogen and oxygen atoms in total. The SMILES string of the molecule is CC(C)(C)c1cn2c(=O)[nH]nc2c(NCC2CCC(OC=O)CC2)n1. The Kier molecular flexibility index (Phi) is 4.78. The summed E-state index contributed by atoms with van der Waals surface area (Å²) in [6.07, 6.45) is 5.55. The first-order valence-electron chi connectivity index (χ1n) is 8.69. The molecule has 0 saturated heterocycles. The smallest absolute Gasteiger partial charge is 0.347 e. The van der Waals surface area contributed by atoms with Gasteiger partial charge in [0.25, 0.3) is 6.47 Å². The Morgan fingerprint density at radius 3 is 2.72 bits per heavy atom. The number of nitrogens with one attached hydrogen (secondary N) is 2. The molecule has 1 aliphatic carbocycles. The number of hydrogen-bond donors (Lipinski definition) is 2. The van der Waals surface area contributed by atoms with Gasteiger partial charge in [0.05, 0.1) is 5.69 Å². The molecule has 1 fully saturated rings. The highest BCUT2D eigenvalue weighted by Crippen LogP contribution is 2.27. The first-order valence-corrected chi connectivity index (χ1v) is 8.69. The molecule has 0 aromatic carbocycles. The first kappa shape index (κ1) is 17.4. The zero-order valence-electron chi connectivity index (χ0n) is 14.9. The van der Waals surface area contributed by atoms with Gasteiger partial charge in [0.2, 0.25) is 5.65 Å². The van der Waals surface area contributed by atoms with Gasteiger partial charge in [-0.3, -0.25) is 4.79 Å². The Bertz CT molecular complexity index is 797. The van der Waals surface area contributed by atoms with Crippen molar-refractivity contribution in [3.05, 3.63) is 22.4 Å². The summed E-state index contributed by atoms with van der Waals surface area (Å²) in [5.74, 6) is 1.11. The molecular weight excluding hydrogens is 322 g/mol. The number of aromatic amines is 1. The lowest BCUT2D eigenvalue weighted by molar-refractivity contribution is -0.135. The number of H-pyrrole nitrogens is 1. The summed E-state index contributed by atoms with van der Waals surface area (Å²) < 4.78 is 6.55. The molecular formula is C17H25N5O3. The van der Waals surface area contributed by atoms with E-state index in [9.17, 15) is 9.59 Å². The number of nitrogens with zero attached hydrogens (tertiary/aromatic N) is 3. The van der Waals surface area contributed by atoms with Crippen molar-refractivity contribution in [3.8, 4) is 0 Å². The number of carbonyl (C=O) groups excluding carboxylic acids is 1. The third kappa shape index (κ3) is 3.83. The van der Waals surface area contributed by atoms with Crippen LogP contribution in [0, 0.1) is 5.92 Å². The van der Waals surface area contributed by atoms with E-state index < -0.39 is 0 Å². The summed E-state index contributed by atoms with van der Waals surface area (Å²) in [5, 5.41) is 9.93. The van der Waals surface area contributed by atoms with Crippen molar-refractivity contribution in [1.29, 1.82) is 0 Å². The van der Waals surface area contributed by atoms with Crippen molar-refractivity contribution >= 4 is 17.9 Å². The van der Waals surface area contributed by atoms with Crippen molar-refractivity contribution in [2.45, 2.75) is 58.0 Å². The molecule has 2 aromatic rings. The highest BCUT2D eigenvalue weighted by molar-refractivity contribution is 5.62. The van der Waals surface area contributed by atoms with Gasteiger partial charge in [-0.25, -0.2) is 19.3 Å². The first-order chi connectivity index (χ1) is 11.9. The number of aromatic nitrogens is 4. The molecule has 0 spiro atoms. The Hall–Kier alpha value is -2.38. The van der Waals surface area contributed by atoms with E-state index >= 15 is 0 Å². The van der Waals surface area contributed by atoms with Gasteiger partial charge in [-0.15, -0.1) is 5.10 Å². The van der Waals surface area contributed by atoms with E-state index in [-0.39, 0.29) is 17.2 Å². The number of rotatable bonds is 5. The predicted octanol–water partition coefficient (Wildman–Crippen LogP) is 1.86. The lowest BCUT2D eigenvalue weighted by Crippen LogP contribution is -2.26. The Morgan fingerprint density at radius 1 is 1.36 bits per heavy atom. The predicted molar refractivity (Wildman–Crippen MR) is 93.7 cm³/mol. The summed E-state index contributed by atoms with van der Waals surface area (Å²) >= 11 is 0. The third-order valence-corrected chi connectivity index (χ3v) is 4.77. The Balaban J connectivity index is 1.75. The average Bonchev–Trinajstić information content (AvgIpc) is 2.95. The monoisotopic (exact) mass is 347 g/mol. The van der Waals surface area contributed by atoms with E-state index in [2.05, 4.69) is 41.3 Å². The van der Waals surface area contributed by atoms with Crippen LogP contribution in [0.3, 0.4) is 0 Å². The van der Waals surface area contributed by atoms with Crippen LogP contribution in [0.25, 0.3) is 5.65 Å². The van der Waals surface area contributed by atoms with E-state index in [0.29, 0.717) is 23.9 Å². The van der Waals surface area contributed by atoms with Gasteiger partial charge in [0, 0.05) is 18.2 Å². The second-order valence-corrected chi connectivity index (χ2v) is 7.70. The van der Waals surface area contributed by atoms with Crippen LogP contribution in [-0.4, -0.2) is 38.7 Å². The average molecular weight is 347 g/mol. The zero-order valence-corrected chi connectivity index (χ0v) is 14.9. The van der Waals surface area contributed by atoms with Crippen LogP contribution >= 0.6 is 0 Å². The normalized spacial score (nSPS) is 21.2. The molecule has 2 heterocycles. The maximum absolute atomic E-state index is 12.0. The topological polar surface area (TPSA) is 101 Å². The number of anilines is 1. The molecule has 0 amide bonds. The summed E-state index contributed by atoms with van der Waals surface area (Å²) in [5.41, 5.74) is 0.897. The number of carbonyl (C=O) groups is 1. The fraction of sp³-hybridized carbons (Fsp3) is 0.647. The van der Waals surface area contributed by atoms with Gasteiger partial charge in [-0.2, -0.15) is 0 Å². The molecule has 0 atom stereocenters. The van der Waals surface area contributed by atoms with Crippen molar-refractivity contribution < 1.29 is 9.53 Å². The highest BCUT2D eigenvalue weighted by atomic mass is 16.5. The summed E-state index contributed by atoms with van der Waals surface area (Å²) in [6, 6.07) is 0. The number of fused-ring (bicyclic) bond motifs is 1. The van der Waals surface area contributed by atoms with Crippen LogP contribution in [0.5, 0.6) is 0 Å². The van der Waals surface area contributed by atoms with Crippen LogP contribution < -0.4 is 11.0 Å². The standard InChI is InChI=1S/C17H25N5O3/c1-17(2,3)13-9-22-15(20-21-16(22)24)14(19-13)18-8-11-4-6-12(7-5-11)25-10-23/h9-12H,4-8H2,1-3H3,(H,18,19)(H,21,24). The van der Waals surface area contributed by atoms with Crippen LogP contribution in [0.2, 0.25) is 0 Å². The van der Waals surface area contributed by atoms with E-state index in [4.69, 9.17) is 4.74 Å². The lowest BCUT2D eigenvalue weighted by atomic mass is 9.87. The van der Waals surface area contributed by atoms with Crippen molar-refractivity contribution in [1.82, 2.24) is 19.6 Å². The van der Waals surface area contributed by atoms with E-state index in [0.717, 1.165) is 37.9 Å². The summed E-state index contributed by atoms with van der Waals surface area (Å²) in [4.78, 5) is 27.1. The summed E-state index contributed by atoms with van der Waals surface area (Å²) in [6.45, 7) is 7.47. The second kappa shape index (κ2) is 6.85. The van der Waals surface area contributed by atoms with E-state index in [1.54, 1.807) is 6.20 Å². The van der Waals surface area contributed by atoms with Crippen molar-refractivity contribution in [2.75, 3.05) is 11.9 Å². The van der Waals surface area contributed by atoms with Gasteiger partial charge >= 0.3 is 5.69 Å². The van der Waals surface area contributed by atoms with Crippen LogP contribution in [-0.2, 0) is 14.9 Å². The van der Waals surface area contributed by atoms with Gasteiger partial charge < -0.3 is 10.1 Å². The van der Waals surface area contributed by atoms with E-state index in [1.807, 2.05) is 0 Å². The zero-order chi connectivity index (χ0) is 18.0. The number of hydrogen-bond acceptors (Lipinski definition) is 6. The molecule has 2 aromatic heterocycles.